The zero-order valence-electron chi connectivity index (χ0n) is 32.1. The van der Waals surface area contributed by atoms with Gasteiger partial charge in [0.15, 0.2) is 0 Å². The van der Waals surface area contributed by atoms with E-state index in [0.29, 0.717) is 76.3 Å². The number of benzene rings is 1. The lowest BCUT2D eigenvalue weighted by atomic mass is 9.67. The van der Waals surface area contributed by atoms with Gasteiger partial charge < -0.3 is 24.4 Å². The molecule has 50 heavy (non-hydrogen) atoms. The highest BCUT2D eigenvalue weighted by molar-refractivity contribution is 5.86. The first-order valence-electron chi connectivity index (χ1n) is 20.2. The average molecular weight is 699 g/mol. The summed E-state index contributed by atoms with van der Waals surface area (Å²) in [4.78, 5) is 23.9. The summed E-state index contributed by atoms with van der Waals surface area (Å²) in [5, 5.41) is 20.1. The van der Waals surface area contributed by atoms with E-state index in [2.05, 4.69) is 25.6 Å². The lowest BCUT2D eigenvalue weighted by Gasteiger charge is -2.38. The van der Waals surface area contributed by atoms with Crippen LogP contribution < -0.4 is 4.74 Å². The van der Waals surface area contributed by atoms with Crippen LogP contribution in [0.1, 0.15) is 159 Å². The maximum absolute atomic E-state index is 12.1. The van der Waals surface area contributed by atoms with Crippen molar-refractivity contribution in [2.45, 2.75) is 156 Å². The van der Waals surface area contributed by atoms with Gasteiger partial charge in [-0.15, -0.1) is 0 Å². The minimum atomic E-state index is -0.585. The Morgan fingerprint density at radius 3 is 1.90 bits per heavy atom. The molecule has 2 saturated carbocycles. The van der Waals surface area contributed by atoms with Crippen molar-refractivity contribution in [2.75, 3.05) is 33.0 Å². The lowest BCUT2D eigenvalue weighted by Crippen LogP contribution is -2.31. The molecule has 2 aliphatic carbocycles. The van der Waals surface area contributed by atoms with Gasteiger partial charge in [0.25, 0.3) is 0 Å². The third kappa shape index (κ3) is 13.3. The Morgan fingerprint density at radius 2 is 1.38 bits per heavy atom. The molecule has 0 aromatic heterocycles. The molecule has 0 radical (unpaired) electrons. The van der Waals surface area contributed by atoms with E-state index in [-0.39, 0.29) is 25.2 Å². The molecule has 2 fully saturated rings. The normalized spacial score (nSPS) is 21.1. The molecule has 0 bridgehead atoms. The van der Waals surface area contributed by atoms with E-state index in [1.807, 2.05) is 6.92 Å². The van der Waals surface area contributed by atoms with Gasteiger partial charge in [0.1, 0.15) is 5.75 Å². The number of unbranched alkanes of at least 4 members (excludes halogenated alkanes) is 2. The van der Waals surface area contributed by atoms with Crippen LogP contribution in [0.15, 0.2) is 24.3 Å². The number of carbonyl (C=O) groups excluding carboxylic acids is 2. The van der Waals surface area contributed by atoms with Crippen molar-refractivity contribution in [1.29, 1.82) is 0 Å². The molecule has 7 heteroatoms. The highest BCUT2D eigenvalue weighted by Crippen LogP contribution is 2.45. The Bertz CT molecular complexity index is 1150. The molecule has 0 atom stereocenters. The van der Waals surface area contributed by atoms with Gasteiger partial charge in [-0.1, -0.05) is 78.0 Å². The van der Waals surface area contributed by atoms with Crippen LogP contribution in [0.25, 0.3) is 0 Å². The van der Waals surface area contributed by atoms with Gasteiger partial charge in [-0.05, 0) is 124 Å². The lowest BCUT2D eigenvalue weighted by molar-refractivity contribution is -0.143. The Labute approximate surface area is 303 Å². The third-order valence-electron chi connectivity index (χ3n) is 11.9. The molecular weight excluding hydrogens is 628 g/mol. The topological polar surface area (TPSA) is 102 Å². The quantitative estimate of drug-likeness (QED) is 0.0667. The van der Waals surface area contributed by atoms with Crippen molar-refractivity contribution in [1.82, 2.24) is 0 Å². The number of rotatable bonds is 23. The Morgan fingerprint density at radius 1 is 0.800 bits per heavy atom. The van der Waals surface area contributed by atoms with Crippen molar-refractivity contribution >= 4 is 11.9 Å². The molecule has 1 aromatic rings. The van der Waals surface area contributed by atoms with Gasteiger partial charge >= 0.3 is 11.9 Å². The number of aryl methyl sites for hydroxylation is 2. The molecule has 0 spiro atoms. The Balaban J connectivity index is 1.78. The van der Waals surface area contributed by atoms with E-state index in [0.717, 1.165) is 34.6 Å². The molecule has 2 N–H and O–H groups in total. The van der Waals surface area contributed by atoms with Crippen molar-refractivity contribution < 1.29 is 34.0 Å². The minimum Gasteiger partial charge on any atom is -0.493 e. The minimum absolute atomic E-state index is 0.0953. The van der Waals surface area contributed by atoms with Crippen LogP contribution in [0.4, 0.5) is 0 Å². The maximum atomic E-state index is 12.1. The second-order valence-corrected chi connectivity index (χ2v) is 15.5. The SMILES string of the molecule is C=C(C)C(=O)OCCCc1cc(C2CCC(C3CCC(CCCCC)CC3)CC2)cc(CCCOC(=O)CC)c1OCCC(CC)(CO)CO. The second-order valence-electron chi connectivity index (χ2n) is 15.5. The standard InChI is InChI=1S/C43H70O7/c1-6-9-10-13-33-16-18-34(19-17-33)35-20-22-36(23-21-35)39-28-37(14-11-25-48-40(46)7-2)41(49-27-24-43(8-3,30-44)31-45)38(29-39)15-12-26-50-42(47)32(4)5/h28-29,33-36,44-45H,4,6-27,30-31H2,1-3,5H3. The highest BCUT2D eigenvalue weighted by atomic mass is 16.5. The van der Waals surface area contributed by atoms with Crippen molar-refractivity contribution in [3.05, 3.63) is 41.0 Å². The molecule has 0 saturated heterocycles. The van der Waals surface area contributed by atoms with Crippen molar-refractivity contribution in [2.24, 2.45) is 23.2 Å². The van der Waals surface area contributed by atoms with Gasteiger partial charge in [-0.25, -0.2) is 4.79 Å². The first-order valence-corrected chi connectivity index (χ1v) is 20.2. The summed E-state index contributed by atoms with van der Waals surface area (Å²) in [7, 11) is 0. The predicted octanol–water partition coefficient (Wildman–Crippen LogP) is 9.43. The molecule has 3 rings (SSSR count). The number of aliphatic hydroxyl groups excluding tert-OH is 2. The zero-order valence-corrected chi connectivity index (χ0v) is 32.1. The summed E-state index contributed by atoms with van der Waals surface area (Å²) < 4.78 is 17.4. The average Bonchev–Trinajstić information content (AvgIpc) is 3.14. The third-order valence-corrected chi connectivity index (χ3v) is 11.9. The molecule has 0 heterocycles. The highest BCUT2D eigenvalue weighted by Gasteiger charge is 2.32. The van der Waals surface area contributed by atoms with Crippen LogP contribution >= 0.6 is 0 Å². The number of esters is 2. The van der Waals surface area contributed by atoms with E-state index < -0.39 is 5.41 Å². The Kier molecular flexibility index (Phi) is 18.9. The van der Waals surface area contributed by atoms with Crippen LogP contribution in [-0.2, 0) is 31.9 Å². The summed E-state index contributed by atoms with van der Waals surface area (Å²) in [6.45, 7) is 12.3. The van der Waals surface area contributed by atoms with Crippen LogP contribution in [0.5, 0.6) is 5.75 Å². The molecule has 284 valence electrons. The van der Waals surface area contributed by atoms with Crippen LogP contribution in [0.2, 0.25) is 0 Å². The molecule has 2 aliphatic rings. The van der Waals surface area contributed by atoms with Gasteiger partial charge in [0, 0.05) is 17.4 Å². The molecule has 7 nitrogen and oxygen atoms in total. The summed E-state index contributed by atoms with van der Waals surface area (Å²) in [5.74, 6) is 3.46. The summed E-state index contributed by atoms with van der Waals surface area (Å²) in [6, 6.07) is 4.66. The first kappa shape index (κ1) is 42.0. The fraction of sp³-hybridized carbons (Fsp3) is 0.767. The maximum Gasteiger partial charge on any atom is 0.333 e. The van der Waals surface area contributed by atoms with Crippen LogP contribution in [-0.4, -0.2) is 55.2 Å². The molecule has 0 aliphatic heterocycles. The van der Waals surface area contributed by atoms with Gasteiger partial charge in [0.05, 0.1) is 33.0 Å². The smallest absolute Gasteiger partial charge is 0.333 e. The number of aliphatic hydroxyl groups is 2. The summed E-state index contributed by atoms with van der Waals surface area (Å²) in [6.07, 6.45) is 20.5. The first-order chi connectivity index (χ1) is 24.2. The monoisotopic (exact) mass is 699 g/mol. The van der Waals surface area contributed by atoms with E-state index in [9.17, 15) is 19.8 Å². The van der Waals surface area contributed by atoms with Gasteiger partial charge in [-0.3, -0.25) is 4.79 Å². The molecule has 0 unspecified atom stereocenters. The van der Waals surface area contributed by atoms with E-state index in [1.165, 1.54) is 82.6 Å². The zero-order chi connectivity index (χ0) is 36.4. The number of carbonyl (C=O) groups is 2. The largest absolute Gasteiger partial charge is 0.493 e. The van der Waals surface area contributed by atoms with Gasteiger partial charge in [0.2, 0.25) is 0 Å². The summed E-state index contributed by atoms with van der Waals surface area (Å²) >= 11 is 0. The molecule has 1 aromatic carbocycles. The molecular formula is C43H70O7. The van der Waals surface area contributed by atoms with E-state index >= 15 is 0 Å². The molecule has 0 amide bonds. The second kappa shape index (κ2) is 22.5. The number of ether oxygens (including phenoxy) is 3. The fourth-order valence-electron chi connectivity index (χ4n) is 8.21. The van der Waals surface area contributed by atoms with E-state index in [1.54, 1.807) is 13.8 Å². The Hall–Kier alpha value is -2.38. The predicted molar refractivity (Wildman–Crippen MR) is 201 cm³/mol. The fourth-order valence-corrected chi connectivity index (χ4v) is 8.21. The van der Waals surface area contributed by atoms with Crippen molar-refractivity contribution in [3.63, 3.8) is 0 Å². The number of hydrogen-bond donors (Lipinski definition) is 2. The van der Waals surface area contributed by atoms with Gasteiger partial charge in [-0.2, -0.15) is 0 Å². The van der Waals surface area contributed by atoms with Crippen molar-refractivity contribution in [3.8, 4) is 5.75 Å². The number of hydrogen-bond acceptors (Lipinski definition) is 7. The van der Waals surface area contributed by atoms with Crippen LogP contribution in [0, 0.1) is 23.2 Å². The summed E-state index contributed by atoms with van der Waals surface area (Å²) in [5.41, 5.74) is 3.39. The van der Waals surface area contributed by atoms with E-state index in [4.69, 9.17) is 14.2 Å². The van der Waals surface area contributed by atoms with Crippen LogP contribution in [0.3, 0.4) is 0 Å².